The van der Waals surface area contributed by atoms with E-state index >= 15 is 0 Å². The molecule has 6 nitrogen and oxygen atoms in total. The summed E-state index contributed by atoms with van der Waals surface area (Å²) in [6, 6.07) is 4.77. The number of anilines is 1. The standard InChI is InChI=1S/C19H25Cl2N3O3/c1-4-6-7-13(5-2)11-27-19(26)22-17-12(3)18(25)24(23-17)16-10-14(20)8-9-15(16)21/h8-10,12-13H,4-7,11H2,1-3H3,(H,22,23,26). The molecule has 2 rings (SSSR count). The number of benzene rings is 1. The summed E-state index contributed by atoms with van der Waals surface area (Å²) in [5.74, 6) is -0.358. The van der Waals surface area contributed by atoms with E-state index in [2.05, 4.69) is 24.3 Å². The number of carbonyl (C=O) groups excluding carboxylic acids is 2. The van der Waals surface area contributed by atoms with Crippen molar-refractivity contribution >= 4 is 46.7 Å². The second-order valence-corrected chi connectivity index (χ2v) is 7.44. The van der Waals surface area contributed by atoms with Crippen LogP contribution in [0.25, 0.3) is 0 Å². The summed E-state index contributed by atoms with van der Waals surface area (Å²) < 4.78 is 5.31. The van der Waals surface area contributed by atoms with E-state index in [0.29, 0.717) is 28.3 Å². The topological polar surface area (TPSA) is 71.0 Å². The number of hydrazone groups is 1. The van der Waals surface area contributed by atoms with E-state index in [1.54, 1.807) is 25.1 Å². The highest BCUT2D eigenvalue weighted by Crippen LogP contribution is 2.32. The first-order valence-electron chi connectivity index (χ1n) is 9.18. The zero-order valence-corrected chi connectivity index (χ0v) is 17.3. The van der Waals surface area contributed by atoms with Crippen molar-refractivity contribution in [2.45, 2.75) is 46.5 Å². The molecule has 0 saturated carbocycles. The van der Waals surface area contributed by atoms with Gasteiger partial charge in [0.05, 0.1) is 23.2 Å². The Morgan fingerprint density at radius 3 is 2.78 bits per heavy atom. The molecule has 2 atom stereocenters. The van der Waals surface area contributed by atoms with E-state index in [1.165, 1.54) is 0 Å². The normalized spacial score (nSPS) is 17.7. The first-order chi connectivity index (χ1) is 12.9. The van der Waals surface area contributed by atoms with Gasteiger partial charge in [0.1, 0.15) is 5.84 Å². The lowest BCUT2D eigenvalue weighted by Gasteiger charge is -2.15. The molecule has 8 heteroatoms. The average Bonchev–Trinajstić information content (AvgIpc) is 2.92. The Hall–Kier alpha value is -1.79. The number of alkyl carbamates (subject to hydrolysis) is 1. The summed E-state index contributed by atoms with van der Waals surface area (Å²) >= 11 is 12.1. The highest BCUT2D eigenvalue weighted by Gasteiger charge is 2.35. The van der Waals surface area contributed by atoms with Crippen molar-refractivity contribution in [3.8, 4) is 0 Å². The van der Waals surface area contributed by atoms with Crippen molar-refractivity contribution in [1.82, 2.24) is 5.32 Å². The molecule has 1 aromatic rings. The molecule has 2 amide bonds. The van der Waals surface area contributed by atoms with Gasteiger partial charge in [-0.1, -0.05) is 56.3 Å². The molecule has 1 aromatic carbocycles. The number of hydrogen-bond donors (Lipinski definition) is 1. The van der Waals surface area contributed by atoms with Crippen molar-refractivity contribution in [2.75, 3.05) is 11.6 Å². The predicted molar refractivity (Wildman–Crippen MR) is 108 cm³/mol. The van der Waals surface area contributed by atoms with Crippen LogP contribution >= 0.6 is 23.2 Å². The number of nitrogens with one attached hydrogen (secondary N) is 1. The van der Waals surface area contributed by atoms with Crippen LogP contribution in [0.3, 0.4) is 0 Å². The van der Waals surface area contributed by atoms with E-state index in [1.807, 2.05) is 0 Å². The van der Waals surface area contributed by atoms with Crippen LogP contribution in [0.4, 0.5) is 10.5 Å². The Kier molecular flexibility index (Phi) is 7.92. The monoisotopic (exact) mass is 413 g/mol. The van der Waals surface area contributed by atoms with Crippen LogP contribution in [0.2, 0.25) is 10.0 Å². The number of nitrogens with zero attached hydrogens (tertiary/aromatic N) is 2. The Morgan fingerprint density at radius 2 is 2.11 bits per heavy atom. The van der Waals surface area contributed by atoms with E-state index in [-0.39, 0.29) is 11.7 Å². The van der Waals surface area contributed by atoms with Crippen LogP contribution in [0.1, 0.15) is 46.5 Å². The molecule has 148 valence electrons. The molecule has 0 spiro atoms. The average molecular weight is 414 g/mol. The zero-order chi connectivity index (χ0) is 20.0. The van der Waals surface area contributed by atoms with Crippen molar-refractivity contribution in [3.63, 3.8) is 0 Å². The largest absolute Gasteiger partial charge is 0.449 e. The lowest BCUT2D eigenvalue weighted by molar-refractivity contribution is -0.119. The van der Waals surface area contributed by atoms with Crippen molar-refractivity contribution in [1.29, 1.82) is 0 Å². The molecule has 0 radical (unpaired) electrons. The van der Waals surface area contributed by atoms with Gasteiger partial charge < -0.3 is 4.74 Å². The minimum atomic E-state index is -0.616. The fraction of sp³-hybridized carbons (Fsp3) is 0.526. The van der Waals surface area contributed by atoms with Gasteiger partial charge in [-0.25, -0.2) is 4.79 Å². The fourth-order valence-corrected chi connectivity index (χ4v) is 3.09. The third-order valence-electron chi connectivity index (χ3n) is 4.56. The van der Waals surface area contributed by atoms with Gasteiger partial charge in [0, 0.05) is 5.02 Å². The maximum atomic E-state index is 12.5. The molecular weight excluding hydrogens is 389 g/mol. The van der Waals surface area contributed by atoms with Gasteiger partial charge in [0.15, 0.2) is 0 Å². The molecule has 1 aliphatic rings. The highest BCUT2D eigenvalue weighted by atomic mass is 35.5. The fourth-order valence-electron chi connectivity index (χ4n) is 2.73. The van der Waals surface area contributed by atoms with Gasteiger partial charge in [-0.2, -0.15) is 10.1 Å². The third-order valence-corrected chi connectivity index (χ3v) is 5.11. The summed E-state index contributed by atoms with van der Waals surface area (Å²) in [5.41, 5.74) is 0.372. The molecule has 1 N–H and O–H groups in total. The number of halogens is 2. The number of hydrogen-bond acceptors (Lipinski definition) is 4. The second-order valence-electron chi connectivity index (χ2n) is 6.59. The lowest BCUT2D eigenvalue weighted by Crippen LogP contribution is -2.36. The van der Waals surface area contributed by atoms with Crippen LogP contribution in [0.15, 0.2) is 23.3 Å². The number of ether oxygens (including phenoxy) is 1. The summed E-state index contributed by atoms with van der Waals surface area (Å²) in [4.78, 5) is 24.6. The number of unbranched alkanes of at least 4 members (excludes halogenated alkanes) is 1. The lowest BCUT2D eigenvalue weighted by atomic mass is 10.0. The van der Waals surface area contributed by atoms with Crippen molar-refractivity contribution in [3.05, 3.63) is 28.2 Å². The maximum Gasteiger partial charge on any atom is 0.412 e. The Balaban J connectivity index is 2.02. The molecule has 27 heavy (non-hydrogen) atoms. The predicted octanol–water partition coefficient (Wildman–Crippen LogP) is 5.23. The molecule has 0 aromatic heterocycles. The molecule has 0 bridgehead atoms. The van der Waals surface area contributed by atoms with Gasteiger partial charge in [-0.15, -0.1) is 0 Å². The molecular formula is C19H25Cl2N3O3. The van der Waals surface area contributed by atoms with Gasteiger partial charge in [-0.3, -0.25) is 10.1 Å². The van der Waals surface area contributed by atoms with E-state index in [4.69, 9.17) is 27.9 Å². The summed E-state index contributed by atoms with van der Waals surface area (Å²) in [6.07, 6.45) is 3.58. The van der Waals surface area contributed by atoms with Crippen LogP contribution in [0.5, 0.6) is 0 Å². The van der Waals surface area contributed by atoms with Crippen LogP contribution in [-0.4, -0.2) is 24.4 Å². The molecule has 0 aliphatic carbocycles. The van der Waals surface area contributed by atoms with Gasteiger partial charge in [0.2, 0.25) is 0 Å². The number of amidine groups is 1. The quantitative estimate of drug-likeness (QED) is 0.664. The summed E-state index contributed by atoms with van der Waals surface area (Å²) in [6.45, 7) is 6.22. The Bertz CT molecular complexity index is 724. The number of amides is 2. The summed E-state index contributed by atoms with van der Waals surface area (Å²) in [5, 5.41) is 8.72. The van der Waals surface area contributed by atoms with Crippen molar-refractivity contribution < 1.29 is 14.3 Å². The van der Waals surface area contributed by atoms with Gasteiger partial charge in [-0.05, 0) is 37.5 Å². The van der Waals surface area contributed by atoms with E-state index < -0.39 is 12.0 Å². The van der Waals surface area contributed by atoms with Crippen LogP contribution in [0, 0.1) is 11.8 Å². The molecule has 0 fully saturated rings. The minimum absolute atomic E-state index is 0.225. The molecule has 1 aliphatic heterocycles. The van der Waals surface area contributed by atoms with Gasteiger partial charge >= 0.3 is 6.09 Å². The van der Waals surface area contributed by atoms with Gasteiger partial charge in [0.25, 0.3) is 5.91 Å². The van der Waals surface area contributed by atoms with E-state index in [0.717, 1.165) is 30.7 Å². The van der Waals surface area contributed by atoms with Crippen LogP contribution < -0.4 is 10.3 Å². The highest BCUT2D eigenvalue weighted by molar-refractivity contribution is 6.36. The maximum absolute atomic E-state index is 12.5. The summed E-state index contributed by atoms with van der Waals surface area (Å²) in [7, 11) is 0. The molecule has 0 saturated heterocycles. The third kappa shape index (κ3) is 5.59. The Labute approximate surface area is 169 Å². The first-order valence-corrected chi connectivity index (χ1v) is 9.94. The molecule has 1 heterocycles. The van der Waals surface area contributed by atoms with Crippen LogP contribution in [-0.2, 0) is 9.53 Å². The smallest absolute Gasteiger partial charge is 0.412 e. The van der Waals surface area contributed by atoms with E-state index in [9.17, 15) is 9.59 Å². The first kappa shape index (κ1) is 21.5. The minimum Gasteiger partial charge on any atom is -0.449 e. The number of carbonyl (C=O) groups is 2. The molecule has 2 unspecified atom stereocenters. The number of rotatable bonds is 7. The second kappa shape index (κ2) is 9.95. The zero-order valence-electron chi connectivity index (χ0n) is 15.8. The SMILES string of the molecule is CCCCC(CC)COC(=O)NC1=NN(c2cc(Cl)ccc2Cl)C(=O)C1C. The van der Waals surface area contributed by atoms with Crippen molar-refractivity contribution in [2.24, 2.45) is 16.9 Å². The Morgan fingerprint density at radius 1 is 1.37 bits per heavy atom.